The molecule has 4 aromatic carbocycles. The Morgan fingerprint density at radius 3 is 1.05 bits per heavy atom. The number of hydrogen-bond acceptors (Lipinski definition) is 28. The second-order valence-corrected chi connectivity index (χ2v) is 50.0. The normalized spacial score (nSPS) is 25.3. The van der Waals surface area contributed by atoms with Gasteiger partial charge in [-0.2, -0.15) is 34.4 Å². The van der Waals surface area contributed by atoms with Gasteiger partial charge in [0.25, 0.3) is 11.9 Å². The number of nitrogens with one attached hydrogen (secondary N) is 1. The average molecular weight is 2080 g/mol. The van der Waals surface area contributed by atoms with Gasteiger partial charge in [-0.25, -0.2) is 110 Å². The Labute approximate surface area is 845 Å². The molecule has 8 aliphatic carbocycles. The Kier molecular flexibility index (Phi) is 22.9. The molecule has 0 spiro atoms. The van der Waals surface area contributed by atoms with Crippen LogP contribution in [0.4, 0.5) is 35.1 Å². The Hall–Kier alpha value is -13.4. The van der Waals surface area contributed by atoms with Crippen molar-refractivity contribution in [1.82, 2.24) is 120 Å². The van der Waals surface area contributed by atoms with Gasteiger partial charge in [0.05, 0.1) is 147 Å². The molecule has 12 aliphatic rings. The second kappa shape index (κ2) is 34.6. The van der Waals surface area contributed by atoms with Gasteiger partial charge in [0.1, 0.15) is 65.5 Å². The zero-order valence-corrected chi connectivity index (χ0v) is 84.6. The highest BCUT2D eigenvalue weighted by atomic mass is 35.5. The fourth-order valence-corrected chi connectivity index (χ4v) is 31.7. The van der Waals surface area contributed by atoms with Gasteiger partial charge in [-0.1, -0.05) is 79.7 Å². The van der Waals surface area contributed by atoms with Crippen molar-refractivity contribution in [1.29, 1.82) is 0 Å². The van der Waals surface area contributed by atoms with E-state index in [9.17, 15) is 60.4 Å². The molecule has 4 aliphatic heterocycles. The summed E-state index contributed by atoms with van der Waals surface area (Å²) >= 11 is 6.07. The molecular weight excluding hydrogens is 1980 g/mol. The van der Waals surface area contributed by atoms with Gasteiger partial charge >= 0.3 is 0 Å². The van der Waals surface area contributed by atoms with E-state index in [4.69, 9.17) is 26.6 Å². The minimum absolute atomic E-state index is 0.0289. The lowest BCUT2D eigenvalue weighted by molar-refractivity contribution is 0.236. The van der Waals surface area contributed by atoms with Crippen molar-refractivity contribution in [3.63, 3.8) is 0 Å². The summed E-state index contributed by atoms with van der Waals surface area (Å²) < 4.78 is 190. The summed E-state index contributed by atoms with van der Waals surface area (Å²) in [6, 6.07) is 27.9. The van der Waals surface area contributed by atoms with Gasteiger partial charge in [0, 0.05) is 43.0 Å². The molecule has 26 rings (SSSR count). The highest BCUT2D eigenvalue weighted by Crippen LogP contribution is 2.74. The molecule has 8 bridgehead atoms. The number of nitrogens with zero attached hydrogens (tertiary/aromatic N) is 24. The molecule has 1 unspecified atom stereocenters. The molecule has 10 aromatic heterocycles. The molecule has 147 heavy (non-hydrogen) atoms. The van der Waals surface area contributed by atoms with Crippen molar-refractivity contribution < 1.29 is 60.4 Å². The highest BCUT2D eigenvalue weighted by Gasteiger charge is 2.70. The van der Waals surface area contributed by atoms with Gasteiger partial charge in [-0.05, 0) is 259 Å². The van der Waals surface area contributed by atoms with Crippen LogP contribution in [0.1, 0.15) is 223 Å². The first-order valence-electron chi connectivity index (χ1n) is 48.8. The van der Waals surface area contributed by atoms with Gasteiger partial charge in [-0.15, -0.1) is 35.7 Å². The first-order valence-corrected chi connectivity index (χ1v) is 54.7. The fraction of sp³-hybridized carbons (Fsp3) is 0.413. The monoisotopic (exact) mass is 2080 g/mol. The molecule has 3 saturated heterocycles. The number of benzene rings is 4. The highest BCUT2D eigenvalue weighted by molar-refractivity contribution is 7.93. The number of halogens is 9. The summed E-state index contributed by atoms with van der Waals surface area (Å²) in [4.78, 5) is 45.3. The Morgan fingerprint density at radius 2 is 0.687 bits per heavy atom. The Bertz CT molecular complexity index is 8180. The third kappa shape index (κ3) is 15.4. The minimum Gasteiger partial charge on any atom is -0.327 e. The third-order valence-electron chi connectivity index (χ3n) is 33.9. The van der Waals surface area contributed by atoms with Crippen LogP contribution in [0.15, 0.2) is 163 Å². The third-order valence-corrected chi connectivity index (χ3v) is 39.9. The standard InChI is InChI=1S/C28H29F2N7O2S.C28H27F2N7O2S.C27H25F2N7O2S.C21H17ClF2N4/c2*1-15-9-22(33-26(32-15)37-14-31-23(36-37)10-16-12-40(38,39)13-16)28-8-7-18(27(28,2)3)17-11-21(34-35-25(17)28)24-19(29)5-4-6-20(24)30;1-26(2)17-6-8-27(26,24-16(17)11-20(33-34-24)23-18(28)4-3-5-19(23)29)21-7-9-30-25(32-21)36-14-31-22(35-36)10-15-12-39(37,38)13-15;1-20(2)12-6-8-21(20,16-7-9-25-19(22)26-16)18-11(12)10-15(27-28-18)17-13(23)4-3-5-14(17)24/h4-6,9,11,14-16,18H,7-8,10,12-13H2,1-3H3,(H,32,33);4-6,9,11,14,16,18H,7-8,10,12-13H2,1-3H3;3-5,7,9,11,14-15,17H,6,8,10,12-13H2,1-2H3;3-5,7,9-10,12H,6,8H2,1-2H3/t15?,18-,28-;18-,28-;17-,27-;12-,21-/m0000/s1. The molecule has 4 saturated carbocycles. The van der Waals surface area contributed by atoms with Crippen LogP contribution in [0.2, 0.25) is 5.28 Å². The van der Waals surface area contributed by atoms with E-state index in [-0.39, 0.29) is 154 Å². The van der Waals surface area contributed by atoms with Crippen molar-refractivity contribution in [2.24, 2.45) is 44.4 Å². The molecule has 31 nitrogen and oxygen atoms in total. The van der Waals surface area contributed by atoms with E-state index in [1.165, 1.54) is 82.2 Å². The number of rotatable bonds is 16. The number of aliphatic imine (C=N–C) groups is 1. The lowest BCUT2D eigenvalue weighted by atomic mass is 9.66. The second-order valence-electron chi connectivity index (χ2n) is 43.2. The lowest BCUT2D eigenvalue weighted by Crippen LogP contribution is -2.48. The zero-order valence-electron chi connectivity index (χ0n) is 81.4. The van der Waals surface area contributed by atoms with Crippen molar-refractivity contribution in [2.75, 3.05) is 34.5 Å². The molecule has 0 radical (unpaired) electrons. The first kappa shape index (κ1) is 97.1. The first-order chi connectivity index (χ1) is 69.9. The molecule has 0 amide bonds. The van der Waals surface area contributed by atoms with E-state index in [0.29, 0.717) is 54.6 Å². The van der Waals surface area contributed by atoms with Gasteiger partial charge in [0.15, 0.2) is 47.0 Å². The molecular formula is C104H98ClF8N25O6S3. The van der Waals surface area contributed by atoms with Crippen LogP contribution in [0.5, 0.6) is 0 Å². The number of fused-ring (bicyclic) bond motifs is 20. The molecule has 1 N–H and O–H groups in total. The van der Waals surface area contributed by atoms with Crippen LogP contribution in [-0.2, 0) is 70.4 Å². The quantitative estimate of drug-likeness (QED) is 0.0693. The molecule has 756 valence electrons. The maximum absolute atomic E-state index is 14.6. The molecule has 7 fully saturated rings. The van der Waals surface area contributed by atoms with E-state index in [2.05, 4.69) is 158 Å². The van der Waals surface area contributed by atoms with Crippen molar-refractivity contribution in [3.8, 4) is 56.9 Å². The van der Waals surface area contributed by atoms with E-state index < -0.39 is 97.7 Å². The Morgan fingerprint density at radius 1 is 0.374 bits per heavy atom. The van der Waals surface area contributed by atoms with Crippen molar-refractivity contribution >= 4 is 47.1 Å². The van der Waals surface area contributed by atoms with Crippen molar-refractivity contribution in [3.05, 3.63) is 296 Å². The van der Waals surface area contributed by atoms with Crippen LogP contribution in [0.3, 0.4) is 0 Å². The number of allylic oxidation sites excluding steroid dienone is 1. The number of aromatic nitrogens is 23. The Balaban J connectivity index is 0.000000109. The fourth-order valence-electron chi connectivity index (χ4n) is 26.8. The van der Waals surface area contributed by atoms with Crippen LogP contribution < -0.4 is 5.32 Å². The van der Waals surface area contributed by atoms with Gasteiger partial charge in [0.2, 0.25) is 11.2 Å². The minimum atomic E-state index is -2.92. The number of hydrogen-bond donors (Lipinski definition) is 1. The van der Waals surface area contributed by atoms with Crippen LogP contribution in [0.25, 0.3) is 56.9 Å². The summed E-state index contributed by atoms with van der Waals surface area (Å²) in [5, 5.41) is 52.8. The maximum Gasteiger partial charge on any atom is 0.252 e. The molecule has 14 aromatic rings. The summed E-state index contributed by atoms with van der Waals surface area (Å²) in [6.07, 6.45) is 18.5. The summed E-state index contributed by atoms with van der Waals surface area (Å²) in [5.41, 5.74) is 8.19. The van der Waals surface area contributed by atoms with Crippen LogP contribution >= 0.6 is 11.6 Å². The summed E-state index contributed by atoms with van der Waals surface area (Å²) in [6.45, 7) is 21.4. The lowest BCUT2D eigenvalue weighted by Gasteiger charge is -2.41. The predicted octanol–water partition coefficient (Wildman–Crippen LogP) is 16.1. The smallest absolute Gasteiger partial charge is 0.252 e. The van der Waals surface area contributed by atoms with Crippen LogP contribution in [0, 0.1) is 92.9 Å². The van der Waals surface area contributed by atoms with E-state index in [1.54, 1.807) is 54.3 Å². The van der Waals surface area contributed by atoms with Crippen LogP contribution in [-0.4, -0.2) is 187 Å². The summed E-state index contributed by atoms with van der Waals surface area (Å²) in [5.74, 6) is -0.686. The van der Waals surface area contributed by atoms with E-state index in [1.807, 2.05) is 38.1 Å². The maximum atomic E-state index is 14.6. The van der Waals surface area contributed by atoms with Gasteiger partial charge in [-0.3, -0.25) is 0 Å². The average Bonchev–Trinajstić information content (AvgIpc) is 1.52. The predicted molar refractivity (Wildman–Crippen MR) is 523 cm³/mol. The largest absolute Gasteiger partial charge is 0.327 e. The molecule has 9 atom stereocenters. The zero-order chi connectivity index (χ0) is 103. The molecule has 43 heteroatoms. The molecule has 14 heterocycles. The number of aryl methyl sites for hydroxylation is 1. The van der Waals surface area contributed by atoms with Crippen molar-refractivity contribution in [2.45, 2.75) is 191 Å². The summed E-state index contributed by atoms with van der Waals surface area (Å²) in [7, 11) is -8.73. The SMILES string of the molecule is CC1(C)[C@H]2CC[C@]1(c1ccnc(-n3cnc(CC4CS(=O)(=O)C4)n3)n1)c1nnc(-c3c(F)cccc3F)cc12.CC1(C)[C@H]2CC[C@]1(c1ccnc(Cl)n1)c1nnc(-c3c(F)cccc3F)cc12.CC1C=C([C@@]23CC[C@@H](c4cc(-c5c(F)cccc5F)nnc42)C3(C)C)NC(n2cnc(CC3CS(=O)(=O)C3)n2)=N1.Cc1cc([C@@]23CC[C@@H](c4cc(-c5c(F)cccc5F)nnc42)C3(C)C)nc(-n2cnc(CC3CS(=O)(=O)C3)n2)n1. The topological polar surface area (TPSA) is 399 Å². The van der Waals surface area contributed by atoms with Gasteiger partial charge < -0.3 is 5.32 Å². The number of sulfone groups is 3. The van der Waals surface area contributed by atoms with E-state index in [0.717, 1.165) is 125 Å². The van der Waals surface area contributed by atoms with E-state index >= 15 is 0 Å².